The lowest BCUT2D eigenvalue weighted by atomic mass is 10.1. The maximum Gasteiger partial charge on any atom is 0.220 e. The zero-order chi connectivity index (χ0) is 13.1. The summed E-state index contributed by atoms with van der Waals surface area (Å²) in [5, 5.41) is 0.936. The van der Waals surface area contributed by atoms with E-state index in [4.69, 9.17) is 14.9 Å². The minimum atomic E-state index is -0.367. The molecule has 2 aromatic rings. The number of amides is 1. The molecule has 2 rings (SSSR count). The van der Waals surface area contributed by atoms with Crippen LogP contribution in [0.25, 0.3) is 11.0 Å². The van der Waals surface area contributed by atoms with Gasteiger partial charge in [0.25, 0.3) is 0 Å². The first-order chi connectivity index (χ1) is 8.59. The van der Waals surface area contributed by atoms with Crippen molar-refractivity contribution < 1.29 is 13.9 Å². The van der Waals surface area contributed by atoms with Gasteiger partial charge in [0.05, 0.1) is 18.4 Å². The quantitative estimate of drug-likeness (QED) is 0.883. The summed E-state index contributed by atoms with van der Waals surface area (Å²) in [6.45, 7) is 4.36. The fourth-order valence-corrected chi connectivity index (χ4v) is 1.82. The zero-order valence-corrected chi connectivity index (χ0v) is 10.6. The van der Waals surface area contributed by atoms with Crippen molar-refractivity contribution in [3.05, 3.63) is 30.0 Å². The van der Waals surface area contributed by atoms with Gasteiger partial charge in [-0.25, -0.2) is 0 Å². The number of benzene rings is 1. The van der Waals surface area contributed by atoms with Gasteiger partial charge >= 0.3 is 0 Å². The van der Waals surface area contributed by atoms with Crippen LogP contribution >= 0.6 is 0 Å². The number of primary amides is 1. The lowest BCUT2D eigenvalue weighted by molar-refractivity contribution is -0.118. The molecule has 1 heterocycles. The molecule has 4 heteroatoms. The largest absolute Gasteiger partial charge is 0.489 e. The van der Waals surface area contributed by atoms with Crippen molar-refractivity contribution in [1.29, 1.82) is 0 Å². The van der Waals surface area contributed by atoms with Crippen LogP contribution in [0.3, 0.4) is 0 Å². The Bertz CT molecular complexity index is 557. The summed E-state index contributed by atoms with van der Waals surface area (Å²) >= 11 is 0. The molecular weight excluding hydrogens is 230 g/mol. The highest BCUT2D eigenvalue weighted by Gasteiger charge is 2.18. The fraction of sp³-hybridized carbons (Fsp3) is 0.357. The number of rotatable bonds is 5. The van der Waals surface area contributed by atoms with Crippen molar-refractivity contribution in [2.75, 3.05) is 6.61 Å². The highest BCUT2D eigenvalue weighted by Crippen LogP contribution is 2.37. The molecule has 0 aliphatic heterocycles. The topological polar surface area (TPSA) is 65.5 Å². The number of furan rings is 1. The maximum atomic E-state index is 10.7. The van der Waals surface area contributed by atoms with Gasteiger partial charge < -0.3 is 14.9 Å². The molecule has 0 aliphatic carbocycles. The molecule has 0 bridgehead atoms. The molecule has 0 saturated heterocycles. The van der Waals surface area contributed by atoms with E-state index in [1.54, 1.807) is 0 Å². The summed E-state index contributed by atoms with van der Waals surface area (Å²) in [7, 11) is 0. The van der Waals surface area contributed by atoms with Crippen molar-refractivity contribution in [2.45, 2.75) is 26.2 Å². The summed E-state index contributed by atoms with van der Waals surface area (Å²) in [5.41, 5.74) is 5.90. The average molecular weight is 247 g/mol. The third kappa shape index (κ3) is 2.47. The average Bonchev–Trinajstić information content (AvgIpc) is 2.68. The van der Waals surface area contributed by atoms with E-state index < -0.39 is 0 Å². The van der Waals surface area contributed by atoms with Crippen LogP contribution < -0.4 is 10.5 Å². The van der Waals surface area contributed by atoms with Crippen LogP contribution in [0.2, 0.25) is 0 Å². The van der Waals surface area contributed by atoms with Gasteiger partial charge in [-0.3, -0.25) is 4.79 Å². The Morgan fingerprint density at radius 1 is 1.39 bits per heavy atom. The predicted molar refractivity (Wildman–Crippen MR) is 69.6 cm³/mol. The smallest absolute Gasteiger partial charge is 0.220 e. The standard InChI is InChI=1S/C14H17NO3/c1-9(2)13-14(17-8-7-12(15)16)10-5-3-4-6-11(10)18-13/h3-6,9H,7-8H2,1-2H3,(H2,15,16). The zero-order valence-electron chi connectivity index (χ0n) is 10.6. The highest BCUT2D eigenvalue weighted by atomic mass is 16.5. The number of carbonyl (C=O) groups excluding carboxylic acids is 1. The molecule has 96 valence electrons. The third-order valence-corrected chi connectivity index (χ3v) is 2.69. The lowest BCUT2D eigenvalue weighted by Gasteiger charge is -2.07. The second-order valence-electron chi connectivity index (χ2n) is 4.51. The Morgan fingerprint density at radius 3 is 2.78 bits per heavy atom. The Morgan fingerprint density at radius 2 is 2.11 bits per heavy atom. The molecule has 1 amide bonds. The Hall–Kier alpha value is -1.97. The van der Waals surface area contributed by atoms with Gasteiger partial charge in [-0.1, -0.05) is 26.0 Å². The van der Waals surface area contributed by atoms with Gasteiger partial charge in [0, 0.05) is 5.92 Å². The monoisotopic (exact) mass is 247 g/mol. The highest BCUT2D eigenvalue weighted by molar-refractivity contribution is 5.85. The normalized spacial score (nSPS) is 11.1. The Balaban J connectivity index is 2.33. The van der Waals surface area contributed by atoms with E-state index in [9.17, 15) is 4.79 Å². The summed E-state index contributed by atoms with van der Waals surface area (Å²) in [6, 6.07) is 7.71. The number of carbonyl (C=O) groups is 1. The maximum absolute atomic E-state index is 10.7. The minimum Gasteiger partial charge on any atom is -0.489 e. The first-order valence-electron chi connectivity index (χ1n) is 6.02. The number of para-hydroxylation sites is 1. The number of ether oxygens (including phenoxy) is 1. The van der Waals surface area contributed by atoms with Crippen LogP contribution in [0.5, 0.6) is 5.75 Å². The lowest BCUT2D eigenvalue weighted by Crippen LogP contribution is -2.14. The van der Waals surface area contributed by atoms with E-state index in [-0.39, 0.29) is 24.9 Å². The molecule has 2 N–H and O–H groups in total. The van der Waals surface area contributed by atoms with Crippen molar-refractivity contribution >= 4 is 16.9 Å². The van der Waals surface area contributed by atoms with Crippen LogP contribution in [0, 0.1) is 0 Å². The summed E-state index contributed by atoms with van der Waals surface area (Å²) in [6.07, 6.45) is 0.205. The SMILES string of the molecule is CC(C)c1oc2ccccc2c1OCCC(N)=O. The molecule has 18 heavy (non-hydrogen) atoms. The van der Waals surface area contributed by atoms with Crippen molar-refractivity contribution in [1.82, 2.24) is 0 Å². The predicted octanol–water partition coefficient (Wildman–Crippen LogP) is 2.81. The molecule has 0 atom stereocenters. The second-order valence-corrected chi connectivity index (χ2v) is 4.51. The van der Waals surface area contributed by atoms with Gasteiger partial charge in [0.15, 0.2) is 5.75 Å². The van der Waals surface area contributed by atoms with E-state index in [1.807, 2.05) is 38.1 Å². The van der Waals surface area contributed by atoms with Gasteiger partial charge in [0.2, 0.25) is 5.91 Å². The summed E-state index contributed by atoms with van der Waals surface area (Å²) in [4.78, 5) is 10.7. The first kappa shape index (κ1) is 12.5. The van der Waals surface area contributed by atoms with Gasteiger partial charge in [-0.05, 0) is 12.1 Å². The first-order valence-corrected chi connectivity index (χ1v) is 6.02. The number of fused-ring (bicyclic) bond motifs is 1. The van der Waals surface area contributed by atoms with Crippen molar-refractivity contribution in [3.8, 4) is 5.75 Å². The molecule has 1 aromatic carbocycles. The van der Waals surface area contributed by atoms with E-state index >= 15 is 0 Å². The Labute approximate surface area is 106 Å². The molecule has 4 nitrogen and oxygen atoms in total. The molecule has 0 unspecified atom stereocenters. The summed E-state index contributed by atoms with van der Waals surface area (Å²) in [5.74, 6) is 1.39. The number of nitrogens with two attached hydrogens (primary N) is 1. The molecule has 0 radical (unpaired) electrons. The molecule has 1 aromatic heterocycles. The third-order valence-electron chi connectivity index (χ3n) is 2.69. The minimum absolute atomic E-state index is 0.205. The van der Waals surface area contributed by atoms with E-state index in [0.717, 1.165) is 22.5 Å². The summed E-state index contributed by atoms with van der Waals surface area (Å²) < 4.78 is 11.4. The fourth-order valence-electron chi connectivity index (χ4n) is 1.82. The number of hydrogen-bond acceptors (Lipinski definition) is 3. The van der Waals surface area contributed by atoms with Crippen LogP contribution in [0.15, 0.2) is 28.7 Å². The molecule has 0 aliphatic rings. The molecular formula is C14H17NO3. The van der Waals surface area contributed by atoms with Crippen LogP contribution in [-0.2, 0) is 4.79 Å². The van der Waals surface area contributed by atoms with E-state index in [0.29, 0.717) is 0 Å². The molecule has 0 fully saturated rings. The van der Waals surface area contributed by atoms with Crippen LogP contribution in [-0.4, -0.2) is 12.5 Å². The van der Waals surface area contributed by atoms with Crippen LogP contribution in [0.4, 0.5) is 0 Å². The van der Waals surface area contributed by atoms with Crippen LogP contribution in [0.1, 0.15) is 31.9 Å². The van der Waals surface area contributed by atoms with E-state index in [1.165, 1.54) is 0 Å². The molecule has 0 spiro atoms. The second kappa shape index (κ2) is 5.12. The van der Waals surface area contributed by atoms with E-state index in [2.05, 4.69) is 0 Å². The number of hydrogen-bond donors (Lipinski definition) is 1. The molecule has 0 saturated carbocycles. The van der Waals surface area contributed by atoms with Gasteiger partial charge in [0.1, 0.15) is 11.3 Å². The van der Waals surface area contributed by atoms with Crippen molar-refractivity contribution in [3.63, 3.8) is 0 Å². The van der Waals surface area contributed by atoms with Gasteiger partial charge in [-0.2, -0.15) is 0 Å². The van der Waals surface area contributed by atoms with Gasteiger partial charge in [-0.15, -0.1) is 0 Å². The van der Waals surface area contributed by atoms with Crippen molar-refractivity contribution in [2.24, 2.45) is 5.73 Å². The Kier molecular flexibility index (Phi) is 3.55.